The summed E-state index contributed by atoms with van der Waals surface area (Å²) in [6.45, 7) is 3.46. The first kappa shape index (κ1) is 32.6. The number of fused-ring (bicyclic) bond motifs is 4. The summed E-state index contributed by atoms with van der Waals surface area (Å²) in [4.78, 5) is 29.9. The van der Waals surface area contributed by atoms with Gasteiger partial charge in [0.1, 0.15) is 46.5 Å². The summed E-state index contributed by atoms with van der Waals surface area (Å²) in [5.74, 6) is -1.87. The third-order valence-corrected chi connectivity index (χ3v) is 10.2. The van der Waals surface area contributed by atoms with Crippen LogP contribution in [-0.4, -0.2) is 77.8 Å². The van der Waals surface area contributed by atoms with E-state index in [1.165, 1.54) is 28.3 Å². The highest BCUT2D eigenvalue weighted by Gasteiger charge is 2.76. The summed E-state index contributed by atoms with van der Waals surface area (Å²) in [6.07, 6.45) is -1.12. The Bertz CT molecular complexity index is 1650. The minimum Gasteiger partial charge on any atom is -0.497 e. The van der Waals surface area contributed by atoms with Crippen molar-refractivity contribution in [2.24, 2.45) is 5.92 Å². The van der Waals surface area contributed by atoms with Gasteiger partial charge in [0.25, 0.3) is 5.91 Å². The summed E-state index contributed by atoms with van der Waals surface area (Å²) in [7, 11) is 4.49. The van der Waals surface area contributed by atoms with Gasteiger partial charge in [0.2, 0.25) is 5.91 Å². The molecule has 2 heterocycles. The third kappa shape index (κ3) is 4.90. The van der Waals surface area contributed by atoms with Crippen molar-refractivity contribution in [3.8, 4) is 23.0 Å². The van der Waals surface area contributed by atoms with Gasteiger partial charge in [-0.3, -0.25) is 9.59 Å². The number of nitrogens with zero attached hydrogens (tertiary/aromatic N) is 1. The van der Waals surface area contributed by atoms with Crippen molar-refractivity contribution in [3.63, 3.8) is 0 Å². The molecule has 11 heteroatoms. The zero-order chi connectivity index (χ0) is 33.7. The molecular formula is C36H42N2O9. The number of carbonyl (C=O) groups excluding carboxylic acids is 2. The summed E-state index contributed by atoms with van der Waals surface area (Å²) >= 11 is 0. The first-order valence-corrected chi connectivity index (χ1v) is 15.9. The van der Waals surface area contributed by atoms with Crippen LogP contribution < -0.4 is 24.3 Å². The Balaban J connectivity index is 1.60. The first-order valence-electron chi connectivity index (χ1n) is 15.9. The van der Waals surface area contributed by atoms with Crippen molar-refractivity contribution < 1.29 is 43.9 Å². The molecule has 3 aliphatic rings. The van der Waals surface area contributed by atoms with Crippen LogP contribution in [0.4, 0.5) is 0 Å². The lowest BCUT2D eigenvalue weighted by molar-refractivity contribution is -0.163. The van der Waals surface area contributed by atoms with Crippen LogP contribution in [0.15, 0.2) is 66.7 Å². The van der Waals surface area contributed by atoms with Crippen LogP contribution in [0.2, 0.25) is 0 Å². The van der Waals surface area contributed by atoms with E-state index in [0.717, 1.165) is 0 Å². The molecule has 2 bridgehead atoms. The molecule has 47 heavy (non-hydrogen) atoms. The number of methoxy groups -OCH3 is 3. The summed E-state index contributed by atoms with van der Waals surface area (Å²) in [5.41, 5.74) is -4.27. The number of nitrogens with one attached hydrogen (secondary N) is 1. The van der Waals surface area contributed by atoms with Gasteiger partial charge in [0, 0.05) is 24.6 Å². The van der Waals surface area contributed by atoms with Gasteiger partial charge < -0.3 is 44.5 Å². The Morgan fingerprint density at radius 1 is 1.02 bits per heavy atom. The van der Waals surface area contributed by atoms with Crippen LogP contribution >= 0.6 is 0 Å². The fraction of sp³-hybridized carbons (Fsp3) is 0.444. The van der Waals surface area contributed by atoms with Gasteiger partial charge >= 0.3 is 0 Å². The van der Waals surface area contributed by atoms with E-state index in [9.17, 15) is 20.1 Å². The molecule has 2 amide bonds. The fourth-order valence-electron chi connectivity index (χ4n) is 7.59. The van der Waals surface area contributed by atoms with Crippen LogP contribution in [0.25, 0.3) is 0 Å². The molecule has 0 unspecified atom stereocenters. The van der Waals surface area contributed by atoms with Crippen molar-refractivity contribution in [1.82, 2.24) is 10.2 Å². The zero-order valence-corrected chi connectivity index (χ0v) is 27.2. The normalized spacial score (nSPS) is 28.9. The molecule has 6 rings (SSSR count). The molecule has 250 valence electrons. The Morgan fingerprint density at radius 3 is 2.32 bits per heavy atom. The highest BCUT2D eigenvalue weighted by atomic mass is 16.5. The van der Waals surface area contributed by atoms with Crippen LogP contribution in [-0.2, 0) is 20.8 Å². The Morgan fingerprint density at radius 2 is 1.70 bits per heavy atom. The number of hydrogen-bond donors (Lipinski definition) is 4. The van der Waals surface area contributed by atoms with Gasteiger partial charge in [-0.25, -0.2) is 0 Å². The number of hydrogen-bond acceptors (Lipinski definition) is 9. The predicted octanol–water partition coefficient (Wildman–Crippen LogP) is 3.19. The Kier molecular flexibility index (Phi) is 8.36. The van der Waals surface area contributed by atoms with Crippen LogP contribution in [0, 0.1) is 5.92 Å². The van der Waals surface area contributed by atoms with Crippen LogP contribution in [0.3, 0.4) is 0 Å². The van der Waals surface area contributed by atoms with Gasteiger partial charge in [-0.1, -0.05) is 49.4 Å². The number of carbonyl (C=O) groups is 2. The minimum absolute atomic E-state index is 0.190. The maximum Gasteiger partial charge on any atom is 0.253 e. The summed E-state index contributed by atoms with van der Waals surface area (Å²) < 4.78 is 23.6. The molecule has 3 aromatic rings. The third-order valence-electron chi connectivity index (χ3n) is 10.2. The number of likely N-dealkylation sites (tertiary alicyclic amines) is 1. The molecule has 1 aliphatic carbocycles. The minimum atomic E-state index is -2.09. The van der Waals surface area contributed by atoms with Crippen molar-refractivity contribution in [2.45, 2.75) is 68.1 Å². The van der Waals surface area contributed by atoms with E-state index in [2.05, 4.69) is 5.32 Å². The molecule has 2 fully saturated rings. The zero-order valence-electron chi connectivity index (χ0n) is 27.2. The van der Waals surface area contributed by atoms with Crippen molar-refractivity contribution in [2.75, 3.05) is 27.9 Å². The molecule has 1 saturated carbocycles. The highest BCUT2D eigenvalue weighted by molar-refractivity contribution is 5.87. The number of benzene rings is 3. The van der Waals surface area contributed by atoms with E-state index in [4.69, 9.17) is 18.9 Å². The quantitative estimate of drug-likeness (QED) is 0.275. The lowest BCUT2D eigenvalue weighted by Crippen LogP contribution is -2.59. The maximum atomic E-state index is 15.2. The number of aliphatic hydroxyl groups excluding tert-OH is 1. The second kappa shape index (κ2) is 12.0. The molecular weight excluding hydrogens is 604 g/mol. The van der Waals surface area contributed by atoms with Crippen molar-refractivity contribution >= 4 is 11.8 Å². The number of rotatable bonds is 9. The summed E-state index contributed by atoms with van der Waals surface area (Å²) in [6, 6.07) is 19.2. The number of amides is 2. The van der Waals surface area contributed by atoms with E-state index in [0.29, 0.717) is 42.0 Å². The molecule has 0 radical (unpaired) electrons. The lowest BCUT2D eigenvalue weighted by atomic mass is 9.74. The van der Waals surface area contributed by atoms with E-state index >= 15 is 4.79 Å². The van der Waals surface area contributed by atoms with Crippen molar-refractivity contribution in [3.05, 3.63) is 83.4 Å². The second-order valence-electron chi connectivity index (χ2n) is 12.7. The van der Waals surface area contributed by atoms with E-state index in [-0.39, 0.29) is 23.5 Å². The van der Waals surface area contributed by atoms with Gasteiger partial charge in [0.15, 0.2) is 5.60 Å². The highest BCUT2D eigenvalue weighted by Crippen LogP contribution is 2.68. The van der Waals surface area contributed by atoms with Gasteiger partial charge in [-0.05, 0) is 49.4 Å². The standard InChI is InChI=1S/C36H42N2O9/c1-6-34(2,42)33(41)37-27-13-10-18-38(27)31(39)30-28(21-11-8-7-9-12-21)35(43)29-25(46-5)19-24(45-4)20-26(29)47-36(30,32(35)40)22-14-16-23(44-3)17-15-22/h7-9,11-12,14-17,19-20,27-28,30,32,40,42-43H,6,10,13,18H2,1-5H3,(H,37,41)/t27-,28+,30-,32-,34+,35+,36-/m0/s1. The smallest absolute Gasteiger partial charge is 0.253 e. The van der Waals surface area contributed by atoms with Crippen molar-refractivity contribution in [1.29, 1.82) is 0 Å². The topological polar surface area (TPSA) is 147 Å². The monoisotopic (exact) mass is 646 g/mol. The van der Waals surface area contributed by atoms with Crippen LogP contribution in [0.1, 0.15) is 55.7 Å². The number of aliphatic hydroxyl groups is 3. The Hall–Kier alpha value is -4.32. The van der Waals surface area contributed by atoms with Crippen LogP contribution in [0.5, 0.6) is 23.0 Å². The average molecular weight is 647 g/mol. The van der Waals surface area contributed by atoms with Gasteiger partial charge in [0.05, 0.1) is 32.8 Å². The molecule has 0 aromatic heterocycles. The van der Waals surface area contributed by atoms with Gasteiger partial charge in [-0.2, -0.15) is 0 Å². The fourth-order valence-corrected chi connectivity index (χ4v) is 7.59. The van der Waals surface area contributed by atoms with E-state index < -0.39 is 52.7 Å². The molecule has 4 N–H and O–H groups in total. The lowest BCUT2D eigenvalue weighted by Gasteiger charge is -2.45. The van der Waals surface area contributed by atoms with E-state index in [1.54, 1.807) is 48.2 Å². The largest absolute Gasteiger partial charge is 0.497 e. The first-order chi connectivity index (χ1) is 22.5. The average Bonchev–Trinajstić information content (AvgIpc) is 3.60. The SMILES string of the molecule is CC[C@@](C)(O)C(=O)N[C@@H]1CCCN1C(=O)[C@@H]1[C@@H](c2ccccc2)[C@@]2(O)c3c(OC)cc(OC)cc3O[C@]1(c1ccc(OC)cc1)[C@H]2O. The molecule has 3 aromatic carbocycles. The molecule has 11 nitrogen and oxygen atoms in total. The number of ether oxygens (including phenoxy) is 4. The molecule has 7 atom stereocenters. The maximum absolute atomic E-state index is 15.2. The summed E-state index contributed by atoms with van der Waals surface area (Å²) in [5, 5.41) is 39.2. The predicted molar refractivity (Wildman–Crippen MR) is 171 cm³/mol. The Labute approximate surface area is 274 Å². The molecule has 0 spiro atoms. The molecule has 1 saturated heterocycles. The van der Waals surface area contributed by atoms with E-state index in [1.807, 2.05) is 30.3 Å². The molecule has 2 aliphatic heterocycles. The second-order valence-corrected chi connectivity index (χ2v) is 12.7. The van der Waals surface area contributed by atoms with Gasteiger partial charge in [-0.15, -0.1) is 0 Å².